The lowest BCUT2D eigenvalue weighted by Crippen LogP contribution is -2.15. The molecule has 138 valence electrons. The molecule has 0 aliphatic carbocycles. The molecule has 0 saturated heterocycles. The van der Waals surface area contributed by atoms with E-state index in [0.717, 1.165) is 21.9 Å². The Morgan fingerprint density at radius 3 is 2.74 bits per heavy atom. The van der Waals surface area contributed by atoms with Crippen LogP contribution in [0.25, 0.3) is 11.3 Å². The lowest BCUT2D eigenvalue weighted by Gasteiger charge is -2.18. The molecule has 0 unspecified atom stereocenters. The number of thiazole rings is 1. The first-order valence-electron chi connectivity index (χ1n) is 8.21. The van der Waals surface area contributed by atoms with Gasteiger partial charge in [-0.3, -0.25) is 4.79 Å². The predicted octanol–water partition coefficient (Wildman–Crippen LogP) is 4.45. The van der Waals surface area contributed by atoms with Crippen LogP contribution < -0.4 is 14.8 Å². The summed E-state index contributed by atoms with van der Waals surface area (Å²) in [6.07, 6.45) is 0. The van der Waals surface area contributed by atoms with E-state index in [1.165, 1.54) is 35.2 Å². The number of hydrogen-bond donors (Lipinski definition) is 1. The Bertz CT molecular complexity index is 960. The van der Waals surface area contributed by atoms with Crippen LogP contribution in [0.5, 0.6) is 11.5 Å². The number of halogens is 1. The number of hydrogen-bond acceptors (Lipinski definition) is 6. The lowest BCUT2D eigenvalue weighted by atomic mass is 10.1. The first-order chi connectivity index (χ1) is 13.2. The molecule has 0 spiro atoms. The first kappa shape index (κ1) is 17.8. The Hall–Kier alpha value is -2.58. The smallest absolute Gasteiger partial charge is 0.236 e. The molecule has 2 heterocycles. The predicted molar refractivity (Wildman–Crippen MR) is 104 cm³/mol. The van der Waals surface area contributed by atoms with Crippen molar-refractivity contribution >= 4 is 34.1 Å². The molecule has 1 N–H and O–H groups in total. The number of ether oxygens (including phenoxy) is 2. The molecule has 1 aliphatic heterocycles. The topological polar surface area (TPSA) is 60.5 Å². The minimum atomic E-state index is -0.293. The van der Waals surface area contributed by atoms with Crippen LogP contribution in [0.4, 0.5) is 9.52 Å². The molecular formula is C19H15FN2O3S2. The van der Waals surface area contributed by atoms with Crippen LogP contribution in [0.3, 0.4) is 0 Å². The van der Waals surface area contributed by atoms with Crippen molar-refractivity contribution in [3.05, 3.63) is 53.7 Å². The maximum atomic E-state index is 12.9. The lowest BCUT2D eigenvalue weighted by molar-refractivity contribution is -0.113. The van der Waals surface area contributed by atoms with Crippen molar-refractivity contribution < 1.29 is 18.7 Å². The summed E-state index contributed by atoms with van der Waals surface area (Å²) < 4.78 is 24.0. The highest BCUT2D eigenvalue weighted by atomic mass is 32.2. The Morgan fingerprint density at radius 2 is 1.93 bits per heavy atom. The van der Waals surface area contributed by atoms with E-state index in [1.807, 2.05) is 23.6 Å². The highest BCUT2D eigenvalue weighted by Gasteiger charge is 2.14. The number of thioether (sulfide) groups is 1. The largest absolute Gasteiger partial charge is 0.486 e. The summed E-state index contributed by atoms with van der Waals surface area (Å²) in [6, 6.07) is 11.7. The minimum absolute atomic E-state index is 0.160. The Morgan fingerprint density at radius 1 is 1.15 bits per heavy atom. The fraction of sp³-hybridized carbons (Fsp3) is 0.158. The number of carbonyl (C=O) groups excluding carboxylic acids is 1. The zero-order chi connectivity index (χ0) is 18.6. The van der Waals surface area contributed by atoms with Crippen molar-refractivity contribution in [1.29, 1.82) is 0 Å². The van der Waals surface area contributed by atoms with Gasteiger partial charge in [-0.25, -0.2) is 9.37 Å². The van der Waals surface area contributed by atoms with Gasteiger partial charge >= 0.3 is 0 Å². The van der Waals surface area contributed by atoms with Crippen LogP contribution in [-0.2, 0) is 4.79 Å². The third kappa shape index (κ3) is 4.40. The van der Waals surface area contributed by atoms with Gasteiger partial charge in [0.05, 0.1) is 11.4 Å². The number of benzene rings is 2. The van der Waals surface area contributed by atoms with E-state index >= 15 is 0 Å². The van der Waals surface area contributed by atoms with Crippen LogP contribution in [0.2, 0.25) is 0 Å². The minimum Gasteiger partial charge on any atom is -0.486 e. The number of amides is 1. The summed E-state index contributed by atoms with van der Waals surface area (Å²) in [5.74, 6) is 1.20. The maximum absolute atomic E-state index is 12.9. The molecule has 3 aromatic rings. The van der Waals surface area contributed by atoms with Crippen LogP contribution in [0.1, 0.15) is 0 Å². The molecule has 0 saturated carbocycles. The van der Waals surface area contributed by atoms with E-state index in [1.54, 1.807) is 12.1 Å². The average molecular weight is 402 g/mol. The van der Waals surface area contributed by atoms with E-state index in [9.17, 15) is 9.18 Å². The second-order valence-electron chi connectivity index (χ2n) is 5.69. The van der Waals surface area contributed by atoms with Crippen molar-refractivity contribution in [3.63, 3.8) is 0 Å². The number of anilines is 1. The monoisotopic (exact) mass is 402 g/mol. The zero-order valence-corrected chi connectivity index (χ0v) is 15.7. The van der Waals surface area contributed by atoms with E-state index in [0.29, 0.717) is 24.1 Å². The number of carbonyl (C=O) groups is 1. The third-order valence-corrected chi connectivity index (χ3v) is 5.54. The average Bonchev–Trinajstić information content (AvgIpc) is 3.15. The van der Waals surface area contributed by atoms with Gasteiger partial charge < -0.3 is 14.8 Å². The standard InChI is InChI=1S/C19H15FN2O3S2/c20-13-2-4-14(5-3-13)26-11-18(23)22-19-21-15(10-27-19)12-1-6-16-17(9-12)25-8-7-24-16/h1-6,9-10H,7-8,11H2,(H,21,22,23). The van der Waals surface area contributed by atoms with Crippen molar-refractivity contribution in [2.75, 3.05) is 24.3 Å². The summed E-state index contributed by atoms with van der Waals surface area (Å²) in [6.45, 7) is 1.08. The molecule has 0 atom stereocenters. The maximum Gasteiger partial charge on any atom is 0.236 e. The molecule has 2 aromatic carbocycles. The van der Waals surface area contributed by atoms with Gasteiger partial charge in [-0.15, -0.1) is 23.1 Å². The fourth-order valence-corrected chi connectivity index (χ4v) is 3.94. The van der Waals surface area contributed by atoms with Gasteiger partial charge in [0.15, 0.2) is 16.6 Å². The summed E-state index contributed by atoms with van der Waals surface area (Å²) in [5.41, 5.74) is 1.66. The number of nitrogens with zero attached hydrogens (tertiary/aromatic N) is 1. The number of aromatic nitrogens is 1. The summed E-state index contributed by atoms with van der Waals surface area (Å²) in [5, 5.41) is 5.21. The first-order valence-corrected chi connectivity index (χ1v) is 10.1. The van der Waals surface area contributed by atoms with Gasteiger partial charge in [-0.05, 0) is 42.5 Å². The van der Waals surface area contributed by atoms with Crippen molar-refractivity contribution in [2.24, 2.45) is 0 Å². The van der Waals surface area contributed by atoms with Gasteiger partial charge in [0.1, 0.15) is 19.0 Å². The van der Waals surface area contributed by atoms with E-state index in [4.69, 9.17) is 9.47 Å². The Balaban J connectivity index is 1.37. The second kappa shape index (κ2) is 7.98. The van der Waals surface area contributed by atoms with Crippen LogP contribution in [0, 0.1) is 5.82 Å². The summed E-state index contributed by atoms with van der Waals surface area (Å²) in [7, 11) is 0. The summed E-state index contributed by atoms with van der Waals surface area (Å²) >= 11 is 2.70. The van der Waals surface area contributed by atoms with Crippen molar-refractivity contribution in [2.45, 2.75) is 4.90 Å². The molecule has 0 radical (unpaired) electrons. The van der Waals surface area contributed by atoms with Crippen LogP contribution in [-0.4, -0.2) is 29.9 Å². The molecule has 5 nitrogen and oxygen atoms in total. The van der Waals surface area contributed by atoms with Gasteiger partial charge in [0.2, 0.25) is 5.91 Å². The van der Waals surface area contributed by atoms with E-state index in [2.05, 4.69) is 10.3 Å². The molecule has 0 bridgehead atoms. The van der Waals surface area contributed by atoms with Gasteiger partial charge in [-0.2, -0.15) is 0 Å². The third-order valence-electron chi connectivity index (χ3n) is 3.77. The molecular weight excluding hydrogens is 387 g/mol. The van der Waals surface area contributed by atoms with Gasteiger partial charge in [0, 0.05) is 15.8 Å². The summed E-state index contributed by atoms with van der Waals surface area (Å²) in [4.78, 5) is 17.4. The molecule has 8 heteroatoms. The number of fused-ring (bicyclic) bond motifs is 1. The number of nitrogens with one attached hydrogen (secondary N) is 1. The highest BCUT2D eigenvalue weighted by molar-refractivity contribution is 8.00. The molecule has 1 amide bonds. The fourth-order valence-electron chi connectivity index (χ4n) is 2.50. The van der Waals surface area contributed by atoms with Crippen molar-refractivity contribution in [3.8, 4) is 22.8 Å². The Kier molecular flexibility index (Phi) is 5.26. The SMILES string of the molecule is O=C(CSc1ccc(F)cc1)Nc1nc(-c2ccc3c(c2)OCCO3)cs1. The highest BCUT2D eigenvalue weighted by Crippen LogP contribution is 2.35. The normalized spacial score (nSPS) is 12.6. The zero-order valence-electron chi connectivity index (χ0n) is 14.1. The molecule has 0 fully saturated rings. The van der Waals surface area contributed by atoms with Crippen LogP contribution in [0.15, 0.2) is 52.7 Å². The molecule has 1 aromatic heterocycles. The Labute approximate surface area is 163 Å². The molecule has 1 aliphatic rings. The van der Waals surface area contributed by atoms with E-state index in [-0.39, 0.29) is 17.5 Å². The van der Waals surface area contributed by atoms with Crippen molar-refractivity contribution in [1.82, 2.24) is 4.98 Å². The molecule has 27 heavy (non-hydrogen) atoms. The second-order valence-corrected chi connectivity index (χ2v) is 7.59. The quantitative estimate of drug-likeness (QED) is 0.639. The number of rotatable bonds is 5. The van der Waals surface area contributed by atoms with Crippen LogP contribution >= 0.6 is 23.1 Å². The van der Waals surface area contributed by atoms with Gasteiger partial charge in [-0.1, -0.05) is 0 Å². The van der Waals surface area contributed by atoms with E-state index < -0.39 is 0 Å². The van der Waals surface area contributed by atoms with Gasteiger partial charge in [0.25, 0.3) is 0 Å². The molecule has 4 rings (SSSR count).